The molecule has 2 saturated heterocycles. The number of benzene rings is 2. The van der Waals surface area contributed by atoms with Crippen molar-refractivity contribution in [2.24, 2.45) is 5.92 Å². The van der Waals surface area contributed by atoms with E-state index < -0.39 is 40.6 Å². The lowest BCUT2D eigenvalue weighted by Gasteiger charge is -2.30. The Morgan fingerprint density at radius 3 is 2.51 bits per heavy atom. The standard InChI is InChI=1S/C28H24F3N3O5S2/c29-28(30,31)16-7-5-8-17(13-16)34-25(36)21-20(22-24(32-27(38)41-22)40-23(21)26(34)37)15-6-4-9-18(12-15)39-14-19(35)33-10-2-1-3-11-33/h4-9,12-13,20-21,23H,1-3,10-11,14H2,(H,32,38). The zero-order valence-corrected chi connectivity index (χ0v) is 23.1. The maximum Gasteiger partial charge on any atom is 0.416 e. The summed E-state index contributed by atoms with van der Waals surface area (Å²) < 4.78 is 46.0. The molecule has 1 N–H and O–H groups in total. The third-order valence-electron chi connectivity index (χ3n) is 7.54. The first-order chi connectivity index (χ1) is 19.6. The molecule has 0 bridgehead atoms. The zero-order chi connectivity index (χ0) is 28.9. The molecule has 1 aromatic heterocycles. The van der Waals surface area contributed by atoms with Gasteiger partial charge in [0.05, 0.1) is 22.2 Å². The molecular formula is C28H24F3N3O5S2. The lowest BCUT2D eigenvalue weighted by Crippen LogP contribution is -2.38. The number of hydrogen-bond donors (Lipinski definition) is 1. The van der Waals surface area contributed by atoms with E-state index in [-0.39, 0.29) is 23.1 Å². The molecule has 41 heavy (non-hydrogen) atoms. The number of thiazole rings is 1. The lowest BCUT2D eigenvalue weighted by molar-refractivity contribution is -0.137. The van der Waals surface area contributed by atoms with Crippen molar-refractivity contribution in [1.82, 2.24) is 9.88 Å². The number of alkyl halides is 3. The highest BCUT2D eigenvalue weighted by Gasteiger charge is 2.56. The fraction of sp³-hybridized carbons (Fsp3) is 0.357. The van der Waals surface area contributed by atoms with E-state index in [1.165, 1.54) is 6.07 Å². The average molecular weight is 604 g/mol. The van der Waals surface area contributed by atoms with Gasteiger partial charge in [-0.25, -0.2) is 4.90 Å². The van der Waals surface area contributed by atoms with Crippen LogP contribution in [0.25, 0.3) is 0 Å². The van der Waals surface area contributed by atoms with Crippen LogP contribution in [0.3, 0.4) is 0 Å². The number of nitrogens with zero attached hydrogens (tertiary/aromatic N) is 2. The number of likely N-dealkylation sites (tertiary alicyclic amines) is 1. The Balaban J connectivity index is 1.32. The van der Waals surface area contributed by atoms with E-state index in [0.29, 0.717) is 34.3 Å². The minimum atomic E-state index is -4.65. The molecule has 6 rings (SSSR count). The van der Waals surface area contributed by atoms with Crippen molar-refractivity contribution in [3.8, 4) is 5.75 Å². The Morgan fingerprint density at radius 2 is 1.76 bits per heavy atom. The lowest BCUT2D eigenvalue weighted by atomic mass is 9.83. The number of nitrogens with one attached hydrogen (secondary N) is 1. The summed E-state index contributed by atoms with van der Waals surface area (Å²) in [7, 11) is 0. The highest BCUT2D eigenvalue weighted by atomic mass is 32.2. The molecule has 2 fully saturated rings. The number of halogens is 3. The zero-order valence-electron chi connectivity index (χ0n) is 21.5. The number of H-pyrrole nitrogens is 1. The Labute approximate surface area is 240 Å². The average Bonchev–Trinajstić information content (AvgIpc) is 3.45. The van der Waals surface area contributed by atoms with Crippen LogP contribution in [0.1, 0.15) is 41.2 Å². The van der Waals surface area contributed by atoms with Gasteiger partial charge in [0.25, 0.3) is 5.91 Å². The summed E-state index contributed by atoms with van der Waals surface area (Å²) in [5.74, 6) is -2.72. The van der Waals surface area contributed by atoms with E-state index in [0.717, 1.165) is 65.5 Å². The molecule has 3 atom stereocenters. The van der Waals surface area contributed by atoms with E-state index in [4.69, 9.17) is 4.74 Å². The van der Waals surface area contributed by atoms with Gasteiger partial charge in [-0.2, -0.15) is 13.2 Å². The number of aromatic amines is 1. The van der Waals surface area contributed by atoms with E-state index in [1.807, 2.05) is 0 Å². The molecule has 214 valence electrons. The van der Waals surface area contributed by atoms with Crippen molar-refractivity contribution >= 4 is 46.5 Å². The van der Waals surface area contributed by atoms with Gasteiger partial charge in [0.2, 0.25) is 11.8 Å². The van der Waals surface area contributed by atoms with Gasteiger partial charge in [-0.15, -0.1) is 0 Å². The third-order valence-corrected chi connectivity index (χ3v) is 9.95. The first-order valence-electron chi connectivity index (χ1n) is 13.1. The maximum absolute atomic E-state index is 13.8. The minimum Gasteiger partial charge on any atom is -0.484 e. The molecule has 3 amide bonds. The number of thioether (sulfide) groups is 1. The number of piperidine rings is 1. The number of amides is 3. The summed E-state index contributed by atoms with van der Waals surface area (Å²) >= 11 is 1.97. The van der Waals surface area contributed by atoms with Crippen molar-refractivity contribution in [3.05, 3.63) is 74.2 Å². The molecule has 0 saturated carbocycles. The topological polar surface area (TPSA) is 99.8 Å². The molecule has 0 spiro atoms. The van der Waals surface area contributed by atoms with Crippen LogP contribution in [0, 0.1) is 5.92 Å². The van der Waals surface area contributed by atoms with Gasteiger partial charge in [0.1, 0.15) is 11.0 Å². The number of carbonyl (C=O) groups is 3. The molecule has 3 aromatic rings. The van der Waals surface area contributed by atoms with Gasteiger partial charge in [0.15, 0.2) is 6.61 Å². The number of aromatic nitrogens is 1. The first-order valence-corrected chi connectivity index (χ1v) is 14.8. The van der Waals surface area contributed by atoms with E-state index >= 15 is 0 Å². The van der Waals surface area contributed by atoms with Crippen LogP contribution in [-0.4, -0.2) is 52.6 Å². The third kappa shape index (κ3) is 5.16. The monoisotopic (exact) mass is 603 g/mol. The molecule has 3 aliphatic heterocycles. The normalized spacial score (nSPS) is 22.5. The van der Waals surface area contributed by atoms with Gasteiger partial charge in [0, 0.05) is 23.9 Å². The highest BCUT2D eigenvalue weighted by Crippen LogP contribution is 2.53. The second kappa shape index (κ2) is 10.7. The quantitative estimate of drug-likeness (QED) is 0.427. The highest BCUT2D eigenvalue weighted by molar-refractivity contribution is 8.00. The number of carbonyl (C=O) groups excluding carboxylic acids is 3. The summed E-state index contributed by atoms with van der Waals surface area (Å²) in [5, 5.41) is -0.505. The van der Waals surface area contributed by atoms with Crippen LogP contribution >= 0.6 is 23.1 Å². The predicted octanol–water partition coefficient (Wildman–Crippen LogP) is 4.64. The predicted molar refractivity (Wildman–Crippen MR) is 146 cm³/mol. The summed E-state index contributed by atoms with van der Waals surface area (Å²) in [6.45, 7) is 1.23. The van der Waals surface area contributed by atoms with Crippen LogP contribution in [0.2, 0.25) is 0 Å². The summed E-state index contributed by atoms with van der Waals surface area (Å²) in [6.07, 6.45) is -1.65. The Kier molecular flexibility index (Phi) is 7.18. The number of hydrogen-bond acceptors (Lipinski definition) is 7. The van der Waals surface area contributed by atoms with Gasteiger partial charge in [-0.1, -0.05) is 41.3 Å². The number of fused-ring (bicyclic) bond motifs is 2. The van der Waals surface area contributed by atoms with Crippen molar-refractivity contribution in [3.63, 3.8) is 0 Å². The smallest absolute Gasteiger partial charge is 0.416 e. The first kappa shape index (κ1) is 27.6. The number of anilines is 1. The molecule has 3 unspecified atom stereocenters. The Hall–Kier alpha value is -3.58. The number of ether oxygens (including phenoxy) is 1. The van der Waals surface area contributed by atoms with E-state index in [1.54, 1.807) is 29.2 Å². The molecular weight excluding hydrogens is 579 g/mol. The molecule has 13 heteroatoms. The van der Waals surface area contributed by atoms with Crippen LogP contribution in [0.5, 0.6) is 5.75 Å². The summed E-state index contributed by atoms with van der Waals surface area (Å²) in [6, 6.07) is 10.9. The van der Waals surface area contributed by atoms with Gasteiger partial charge in [-0.3, -0.25) is 19.2 Å². The fourth-order valence-electron chi connectivity index (χ4n) is 5.63. The van der Waals surface area contributed by atoms with Gasteiger partial charge < -0.3 is 14.6 Å². The summed E-state index contributed by atoms with van der Waals surface area (Å²) in [4.78, 5) is 57.9. The van der Waals surface area contributed by atoms with Crippen molar-refractivity contribution in [2.45, 2.75) is 41.6 Å². The number of rotatable bonds is 5. The summed E-state index contributed by atoms with van der Waals surface area (Å²) in [5.41, 5.74) is -0.539. The van der Waals surface area contributed by atoms with Crippen LogP contribution in [0.4, 0.5) is 18.9 Å². The van der Waals surface area contributed by atoms with Crippen molar-refractivity contribution < 1.29 is 32.3 Å². The largest absolute Gasteiger partial charge is 0.484 e. The van der Waals surface area contributed by atoms with Gasteiger partial charge >= 0.3 is 11.0 Å². The van der Waals surface area contributed by atoms with E-state index in [2.05, 4.69) is 4.98 Å². The second-order valence-corrected chi connectivity index (χ2v) is 12.3. The van der Waals surface area contributed by atoms with Gasteiger partial charge in [-0.05, 0) is 55.2 Å². The van der Waals surface area contributed by atoms with Crippen LogP contribution in [-0.2, 0) is 20.6 Å². The minimum absolute atomic E-state index is 0.122. The molecule has 0 radical (unpaired) electrons. The maximum atomic E-state index is 13.8. The molecule has 0 aliphatic carbocycles. The van der Waals surface area contributed by atoms with Crippen LogP contribution < -0.4 is 14.5 Å². The van der Waals surface area contributed by atoms with E-state index in [9.17, 15) is 32.3 Å². The Morgan fingerprint density at radius 1 is 1.00 bits per heavy atom. The van der Waals surface area contributed by atoms with Crippen molar-refractivity contribution in [2.75, 3.05) is 24.6 Å². The van der Waals surface area contributed by atoms with Crippen LogP contribution in [0.15, 0.2) is 58.4 Å². The molecule has 4 heterocycles. The Bertz CT molecular complexity index is 1580. The second-order valence-electron chi connectivity index (χ2n) is 10.1. The molecule has 3 aliphatic rings. The number of imide groups is 1. The molecule has 2 aromatic carbocycles. The SMILES string of the molecule is O=C(COc1cccc(C2c3sc(=O)[nH]c3SC3C(=O)N(c4cccc(C(F)(F)F)c4)C(=O)C32)c1)N1CCCCC1. The fourth-order valence-corrected chi connectivity index (χ4v) is 8.14. The molecule has 8 nitrogen and oxygen atoms in total. The van der Waals surface area contributed by atoms with Crippen molar-refractivity contribution in [1.29, 1.82) is 0 Å².